The van der Waals surface area contributed by atoms with E-state index in [2.05, 4.69) is 58.9 Å². The molecule has 2 aromatic rings. The minimum absolute atomic E-state index is 0.102. The fraction of sp³-hybridized carbons (Fsp3) is 0.455. The number of rotatable bonds is 3. The second-order valence-electron chi connectivity index (χ2n) is 8.50. The monoisotopic (exact) mass is 312 g/mol. The highest BCUT2D eigenvalue weighted by Gasteiger charge is 2.25. The van der Waals surface area contributed by atoms with Gasteiger partial charge in [-0.05, 0) is 41.5 Å². The molecule has 0 radical (unpaired) electrons. The van der Waals surface area contributed by atoms with Crippen LogP contribution >= 0.6 is 0 Å². The summed E-state index contributed by atoms with van der Waals surface area (Å²) in [6.45, 7) is 14.3. The molecule has 2 aromatic carbocycles. The molecule has 0 saturated heterocycles. The van der Waals surface area contributed by atoms with Gasteiger partial charge in [0.25, 0.3) is 0 Å². The van der Waals surface area contributed by atoms with Crippen LogP contribution in [0.1, 0.15) is 70.7 Å². The van der Waals surface area contributed by atoms with Gasteiger partial charge in [-0.1, -0.05) is 83.1 Å². The van der Waals surface area contributed by atoms with E-state index in [1.807, 2.05) is 24.3 Å². The van der Waals surface area contributed by atoms with Crippen molar-refractivity contribution < 1.29 is 4.39 Å². The van der Waals surface area contributed by atoms with E-state index in [9.17, 15) is 4.39 Å². The van der Waals surface area contributed by atoms with Crippen molar-refractivity contribution in [3.8, 4) is 0 Å². The highest BCUT2D eigenvalue weighted by molar-refractivity contribution is 5.41. The van der Waals surface area contributed by atoms with Gasteiger partial charge in [0.15, 0.2) is 0 Å². The van der Waals surface area contributed by atoms with E-state index in [4.69, 9.17) is 0 Å². The summed E-state index contributed by atoms with van der Waals surface area (Å²) in [6.07, 6.45) is 0. The van der Waals surface area contributed by atoms with Crippen LogP contribution in [-0.4, -0.2) is 0 Å². The van der Waals surface area contributed by atoms with Crippen LogP contribution in [-0.2, 0) is 16.5 Å². The van der Waals surface area contributed by atoms with Crippen molar-refractivity contribution in [3.63, 3.8) is 0 Å². The SMILES string of the molecule is CC(C)(C)c1ccc(C(C)(C)c2ccc(C(C)(C)F)cc2)cc1. The van der Waals surface area contributed by atoms with Gasteiger partial charge in [-0.2, -0.15) is 0 Å². The van der Waals surface area contributed by atoms with Gasteiger partial charge in [-0.3, -0.25) is 0 Å². The maximum atomic E-state index is 14.0. The summed E-state index contributed by atoms with van der Waals surface area (Å²) >= 11 is 0. The van der Waals surface area contributed by atoms with Crippen LogP contribution in [0.2, 0.25) is 0 Å². The van der Waals surface area contributed by atoms with Crippen molar-refractivity contribution in [3.05, 3.63) is 70.8 Å². The van der Waals surface area contributed by atoms with Crippen LogP contribution in [0.5, 0.6) is 0 Å². The van der Waals surface area contributed by atoms with Crippen LogP contribution in [0, 0.1) is 0 Å². The Morgan fingerprint density at radius 1 is 0.522 bits per heavy atom. The van der Waals surface area contributed by atoms with Crippen molar-refractivity contribution in [2.24, 2.45) is 0 Å². The minimum atomic E-state index is -1.29. The Kier molecular flexibility index (Phi) is 4.45. The molecule has 0 heterocycles. The lowest BCUT2D eigenvalue weighted by atomic mass is 9.76. The van der Waals surface area contributed by atoms with Gasteiger partial charge >= 0.3 is 0 Å². The lowest BCUT2D eigenvalue weighted by molar-refractivity contribution is 0.221. The maximum absolute atomic E-state index is 14.0. The van der Waals surface area contributed by atoms with Gasteiger partial charge in [0.05, 0.1) is 0 Å². The zero-order valence-corrected chi connectivity index (χ0v) is 15.5. The molecule has 0 fully saturated rings. The smallest absolute Gasteiger partial charge is 0.130 e. The molecule has 0 bridgehead atoms. The number of hydrogen-bond acceptors (Lipinski definition) is 0. The van der Waals surface area contributed by atoms with Gasteiger partial charge in [0.1, 0.15) is 5.67 Å². The molecule has 0 aromatic heterocycles. The maximum Gasteiger partial charge on any atom is 0.130 e. The molecule has 0 aliphatic rings. The summed E-state index contributed by atoms with van der Waals surface area (Å²) < 4.78 is 14.0. The van der Waals surface area contributed by atoms with Crippen LogP contribution in [0.15, 0.2) is 48.5 Å². The van der Waals surface area contributed by atoms with Crippen molar-refractivity contribution >= 4 is 0 Å². The molecule has 2 rings (SSSR count). The molecule has 0 spiro atoms. The number of halogens is 1. The lowest BCUT2D eigenvalue weighted by Gasteiger charge is -2.28. The molecule has 0 N–H and O–H groups in total. The first-order chi connectivity index (χ1) is 10.4. The van der Waals surface area contributed by atoms with Gasteiger partial charge in [-0.15, -0.1) is 0 Å². The van der Waals surface area contributed by atoms with Crippen molar-refractivity contribution in [2.45, 2.75) is 65.0 Å². The summed E-state index contributed by atoms with van der Waals surface area (Å²) in [4.78, 5) is 0. The highest BCUT2D eigenvalue weighted by atomic mass is 19.1. The predicted molar refractivity (Wildman–Crippen MR) is 97.8 cm³/mol. The van der Waals surface area contributed by atoms with E-state index in [0.29, 0.717) is 0 Å². The van der Waals surface area contributed by atoms with E-state index in [0.717, 1.165) is 5.56 Å². The third-order valence-corrected chi connectivity index (χ3v) is 4.77. The van der Waals surface area contributed by atoms with Crippen LogP contribution in [0.4, 0.5) is 4.39 Å². The Bertz CT molecular complexity index is 588. The van der Waals surface area contributed by atoms with E-state index in [1.54, 1.807) is 13.8 Å². The Hall–Kier alpha value is -1.63. The molecule has 0 unspecified atom stereocenters. The second kappa shape index (κ2) is 5.78. The normalized spacial score (nSPS) is 13.2. The molecule has 0 aliphatic heterocycles. The van der Waals surface area contributed by atoms with Gasteiger partial charge in [-0.25, -0.2) is 4.39 Å². The molecule has 0 saturated carbocycles. The Balaban J connectivity index is 2.34. The average Bonchev–Trinajstić information content (AvgIpc) is 2.46. The Morgan fingerprint density at radius 2 is 0.826 bits per heavy atom. The third kappa shape index (κ3) is 3.83. The van der Waals surface area contributed by atoms with Crippen molar-refractivity contribution in [2.75, 3.05) is 0 Å². The molecule has 0 aliphatic carbocycles. The molecule has 0 amide bonds. The number of alkyl halides is 1. The van der Waals surface area contributed by atoms with Gasteiger partial charge in [0.2, 0.25) is 0 Å². The quantitative estimate of drug-likeness (QED) is 0.605. The second-order valence-corrected chi connectivity index (χ2v) is 8.50. The first kappa shape index (κ1) is 17.7. The Morgan fingerprint density at radius 3 is 1.13 bits per heavy atom. The fourth-order valence-corrected chi connectivity index (χ4v) is 2.84. The Labute approximate surface area is 140 Å². The van der Waals surface area contributed by atoms with Crippen LogP contribution in [0.3, 0.4) is 0 Å². The van der Waals surface area contributed by atoms with Crippen molar-refractivity contribution in [1.29, 1.82) is 0 Å². The summed E-state index contributed by atoms with van der Waals surface area (Å²) in [5, 5.41) is 0. The van der Waals surface area contributed by atoms with E-state index in [-0.39, 0.29) is 10.8 Å². The first-order valence-corrected chi connectivity index (χ1v) is 8.33. The van der Waals surface area contributed by atoms with Gasteiger partial charge in [0, 0.05) is 5.41 Å². The van der Waals surface area contributed by atoms with Crippen LogP contribution < -0.4 is 0 Å². The molecule has 23 heavy (non-hydrogen) atoms. The first-order valence-electron chi connectivity index (χ1n) is 8.33. The van der Waals surface area contributed by atoms with Gasteiger partial charge < -0.3 is 0 Å². The van der Waals surface area contributed by atoms with E-state index in [1.165, 1.54) is 16.7 Å². The minimum Gasteiger partial charge on any atom is -0.239 e. The largest absolute Gasteiger partial charge is 0.239 e. The van der Waals surface area contributed by atoms with Crippen LogP contribution in [0.25, 0.3) is 0 Å². The predicted octanol–water partition coefficient (Wildman–Crippen LogP) is 6.51. The molecular formula is C22H29F. The average molecular weight is 312 g/mol. The van der Waals surface area contributed by atoms with Crippen molar-refractivity contribution in [1.82, 2.24) is 0 Å². The zero-order chi connectivity index (χ0) is 17.5. The molecule has 1 heteroatoms. The molecular weight excluding hydrogens is 283 g/mol. The molecule has 124 valence electrons. The fourth-order valence-electron chi connectivity index (χ4n) is 2.84. The summed E-state index contributed by atoms with van der Waals surface area (Å²) in [5.41, 5.74) is 3.31. The number of benzene rings is 2. The van der Waals surface area contributed by atoms with E-state index < -0.39 is 5.67 Å². The summed E-state index contributed by atoms with van der Waals surface area (Å²) in [7, 11) is 0. The topological polar surface area (TPSA) is 0 Å². The molecule has 0 atom stereocenters. The third-order valence-electron chi connectivity index (χ3n) is 4.77. The summed E-state index contributed by atoms with van der Waals surface area (Å²) in [5.74, 6) is 0. The highest BCUT2D eigenvalue weighted by Crippen LogP contribution is 2.34. The standard InChI is InChI=1S/C22H29F/c1-20(2,3)16-8-10-17(11-9-16)21(4,5)18-12-14-19(15-13-18)22(6,7)23/h8-15H,1-7H3. The zero-order valence-electron chi connectivity index (χ0n) is 15.5. The van der Waals surface area contributed by atoms with E-state index >= 15 is 0 Å². The lowest BCUT2D eigenvalue weighted by Crippen LogP contribution is -2.20. The summed E-state index contributed by atoms with van der Waals surface area (Å²) in [6, 6.07) is 16.8. The molecule has 0 nitrogen and oxygen atoms in total. The number of hydrogen-bond donors (Lipinski definition) is 0.